The van der Waals surface area contributed by atoms with Crippen molar-refractivity contribution in [3.63, 3.8) is 0 Å². The second-order valence-electron chi connectivity index (χ2n) is 5.59. The van der Waals surface area contributed by atoms with Gasteiger partial charge in [-0.05, 0) is 32.9 Å². The Morgan fingerprint density at radius 2 is 2.05 bits per heavy atom. The van der Waals surface area contributed by atoms with E-state index in [1.54, 1.807) is 0 Å². The molecule has 1 aromatic carbocycles. The number of benzene rings is 1. The van der Waals surface area contributed by atoms with Crippen LogP contribution in [0.3, 0.4) is 0 Å². The molecule has 0 amide bonds. The Kier molecular flexibility index (Phi) is 4.24. The molecule has 1 N–H and O–H groups in total. The van der Waals surface area contributed by atoms with Gasteiger partial charge >= 0.3 is 0 Å². The molecule has 1 aliphatic heterocycles. The number of aryl methyl sites for hydroxylation is 2. The highest BCUT2D eigenvalue weighted by Gasteiger charge is 2.21. The van der Waals surface area contributed by atoms with Gasteiger partial charge in [0, 0.05) is 30.0 Å². The molecule has 1 aromatic heterocycles. The standard InChI is InChI=1S/C17H21N3O2/c1-11(15-9-19-13(3)20-12(15)2)18-8-14-10-21-16-6-4-5-7-17(16)22-14/h4-7,9,11,14,18H,8,10H2,1-3H3/t11-,14-/m1/s1. The highest BCUT2D eigenvalue weighted by molar-refractivity contribution is 5.40. The summed E-state index contributed by atoms with van der Waals surface area (Å²) in [5, 5.41) is 3.47. The quantitative estimate of drug-likeness (QED) is 0.940. The lowest BCUT2D eigenvalue weighted by molar-refractivity contribution is 0.0885. The molecule has 22 heavy (non-hydrogen) atoms. The largest absolute Gasteiger partial charge is 0.486 e. The topological polar surface area (TPSA) is 56.3 Å². The first-order valence-electron chi connectivity index (χ1n) is 7.55. The summed E-state index contributed by atoms with van der Waals surface area (Å²) in [5.41, 5.74) is 2.13. The highest BCUT2D eigenvalue weighted by Crippen LogP contribution is 2.30. The van der Waals surface area contributed by atoms with Crippen LogP contribution in [0.1, 0.15) is 30.0 Å². The van der Waals surface area contributed by atoms with Crippen molar-refractivity contribution >= 4 is 0 Å². The van der Waals surface area contributed by atoms with E-state index in [0.717, 1.165) is 28.6 Å². The van der Waals surface area contributed by atoms with E-state index < -0.39 is 0 Å². The number of para-hydroxylation sites is 2. The van der Waals surface area contributed by atoms with Crippen LogP contribution in [0.5, 0.6) is 11.5 Å². The number of fused-ring (bicyclic) bond motifs is 1. The summed E-state index contributed by atoms with van der Waals surface area (Å²) in [6.07, 6.45) is 1.90. The summed E-state index contributed by atoms with van der Waals surface area (Å²) >= 11 is 0. The molecule has 0 radical (unpaired) electrons. The van der Waals surface area contributed by atoms with Gasteiger partial charge in [0.15, 0.2) is 11.5 Å². The van der Waals surface area contributed by atoms with Crippen LogP contribution in [0.4, 0.5) is 0 Å². The van der Waals surface area contributed by atoms with Crippen LogP contribution in [-0.4, -0.2) is 29.2 Å². The number of nitrogens with one attached hydrogen (secondary N) is 1. The van der Waals surface area contributed by atoms with Gasteiger partial charge in [0.1, 0.15) is 18.5 Å². The van der Waals surface area contributed by atoms with E-state index >= 15 is 0 Å². The van der Waals surface area contributed by atoms with E-state index in [1.165, 1.54) is 0 Å². The van der Waals surface area contributed by atoms with E-state index in [4.69, 9.17) is 9.47 Å². The Labute approximate surface area is 130 Å². The van der Waals surface area contributed by atoms with Crippen LogP contribution in [0.15, 0.2) is 30.5 Å². The van der Waals surface area contributed by atoms with Crippen LogP contribution in [0.2, 0.25) is 0 Å². The summed E-state index contributed by atoms with van der Waals surface area (Å²) in [4.78, 5) is 8.69. The molecule has 0 spiro atoms. The SMILES string of the molecule is Cc1ncc([C@@H](C)NC[C@@H]2COc3ccccc3O2)c(C)n1. The molecule has 0 bridgehead atoms. The van der Waals surface area contributed by atoms with Gasteiger partial charge in [-0.25, -0.2) is 9.97 Å². The van der Waals surface area contributed by atoms with Crippen molar-refractivity contribution < 1.29 is 9.47 Å². The maximum atomic E-state index is 5.95. The molecule has 2 heterocycles. The van der Waals surface area contributed by atoms with E-state index in [9.17, 15) is 0 Å². The van der Waals surface area contributed by atoms with Crippen molar-refractivity contribution in [2.75, 3.05) is 13.2 Å². The van der Waals surface area contributed by atoms with E-state index in [1.807, 2.05) is 44.3 Å². The molecule has 3 rings (SSSR count). The third-order valence-electron chi connectivity index (χ3n) is 3.82. The molecular weight excluding hydrogens is 278 g/mol. The normalized spacial score (nSPS) is 18.0. The third kappa shape index (κ3) is 3.20. The zero-order valence-electron chi connectivity index (χ0n) is 13.2. The Morgan fingerprint density at radius 3 is 2.82 bits per heavy atom. The van der Waals surface area contributed by atoms with Crippen molar-refractivity contribution in [1.29, 1.82) is 0 Å². The molecule has 2 atom stereocenters. The average Bonchev–Trinajstić information content (AvgIpc) is 2.52. The Bertz CT molecular complexity index is 660. The van der Waals surface area contributed by atoms with Crippen LogP contribution in [-0.2, 0) is 0 Å². The molecule has 0 fully saturated rings. The fourth-order valence-corrected chi connectivity index (χ4v) is 2.60. The van der Waals surface area contributed by atoms with E-state index in [-0.39, 0.29) is 12.1 Å². The van der Waals surface area contributed by atoms with E-state index in [0.29, 0.717) is 13.2 Å². The van der Waals surface area contributed by atoms with Crippen LogP contribution >= 0.6 is 0 Å². The molecule has 2 aromatic rings. The molecule has 0 saturated carbocycles. The van der Waals surface area contributed by atoms with Gasteiger partial charge in [-0.2, -0.15) is 0 Å². The number of aromatic nitrogens is 2. The zero-order chi connectivity index (χ0) is 15.5. The fraction of sp³-hybridized carbons (Fsp3) is 0.412. The lowest BCUT2D eigenvalue weighted by atomic mass is 10.1. The number of hydrogen-bond donors (Lipinski definition) is 1. The summed E-state index contributed by atoms with van der Waals surface area (Å²) in [7, 11) is 0. The van der Waals surface area contributed by atoms with E-state index in [2.05, 4.69) is 22.2 Å². The van der Waals surface area contributed by atoms with Crippen molar-refractivity contribution in [3.8, 4) is 11.5 Å². The van der Waals surface area contributed by atoms with Gasteiger partial charge in [-0.1, -0.05) is 12.1 Å². The van der Waals surface area contributed by atoms with Gasteiger partial charge in [-0.15, -0.1) is 0 Å². The third-order valence-corrected chi connectivity index (χ3v) is 3.82. The average molecular weight is 299 g/mol. The Balaban J connectivity index is 1.59. The summed E-state index contributed by atoms with van der Waals surface area (Å²) in [6, 6.07) is 7.93. The molecular formula is C17H21N3O2. The number of rotatable bonds is 4. The molecule has 5 heteroatoms. The Hall–Kier alpha value is -2.14. The zero-order valence-corrected chi connectivity index (χ0v) is 13.2. The first-order valence-corrected chi connectivity index (χ1v) is 7.55. The molecule has 0 saturated heterocycles. The monoisotopic (exact) mass is 299 g/mol. The van der Waals surface area contributed by atoms with Crippen molar-refractivity contribution in [1.82, 2.24) is 15.3 Å². The molecule has 5 nitrogen and oxygen atoms in total. The molecule has 1 aliphatic rings. The van der Waals surface area contributed by atoms with Crippen molar-refractivity contribution in [2.45, 2.75) is 32.9 Å². The Morgan fingerprint density at radius 1 is 1.27 bits per heavy atom. The number of hydrogen-bond acceptors (Lipinski definition) is 5. The maximum absolute atomic E-state index is 5.95. The molecule has 0 unspecified atom stereocenters. The molecule has 0 aliphatic carbocycles. The van der Waals surface area contributed by atoms with Gasteiger partial charge < -0.3 is 14.8 Å². The van der Waals surface area contributed by atoms with Crippen LogP contribution < -0.4 is 14.8 Å². The van der Waals surface area contributed by atoms with Gasteiger partial charge in [-0.3, -0.25) is 0 Å². The van der Waals surface area contributed by atoms with Gasteiger partial charge in [0.2, 0.25) is 0 Å². The van der Waals surface area contributed by atoms with Crippen molar-refractivity contribution in [3.05, 3.63) is 47.5 Å². The predicted octanol–water partition coefficient (Wildman–Crippen LogP) is 2.58. The number of nitrogens with zero attached hydrogens (tertiary/aromatic N) is 2. The minimum atomic E-state index is 0.00372. The minimum Gasteiger partial charge on any atom is -0.486 e. The number of ether oxygens (including phenoxy) is 2. The highest BCUT2D eigenvalue weighted by atomic mass is 16.6. The summed E-state index contributed by atoms with van der Waals surface area (Å²) < 4.78 is 11.7. The first kappa shape index (κ1) is 14.8. The maximum Gasteiger partial charge on any atom is 0.161 e. The second-order valence-corrected chi connectivity index (χ2v) is 5.59. The van der Waals surface area contributed by atoms with Crippen molar-refractivity contribution in [2.24, 2.45) is 0 Å². The first-order chi connectivity index (χ1) is 10.6. The van der Waals surface area contributed by atoms with Crippen LogP contribution in [0, 0.1) is 13.8 Å². The lowest BCUT2D eigenvalue weighted by Crippen LogP contribution is -2.39. The minimum absolute atomic E-state index is 0.00372. The smallest absolute Gasteiger partial charge is 0.161 e. The fourth-order valence-electron chi connectivity index (χ4n) is 2.60. The van der Waals surface area contributed by atoms with Gasteiger partial charge in [0.05, 0.1) is 0 Å². The summed E-state index contributed by atoms with van der Waals surface area (Å²) in [6.45, 7) is 7.29. The second kappa shape index (κ2) is 6.32. The van der Waals surface area contributed by atoms with Gasteiger partial charge in [0.25, 0.3) is 0 Å². The van der Waals surface area contributed by atoms with Crippen LogP contribution in [0.25, 0.3) is 0 Å². The lowest BCUT2D eigenvalue weighted by Gasteiger charge is -2.28. The summed E-state index contributed by atoms with van der Waals surface area (Å²) in [5.74, 6) is 2.42. The predicted molar refractivity (Wildman–Crippen MR) is 84.3 cm³/mol. The molecule has 116 valence electrons.